The molecule has 0 saturated carbocycles. The molecule has 1 aliphatic rings. The fraction of sp³-hybridized carbons (Fsp3) is 0.467. The first kappa shape index (κ1) is 16.9. The first-order valence-electron chi connectivity index (χ1n) is 7.14. The van der Waals surface area contributed by atoms with Crippen molar-refractivity contribution in [3.05, 3.63) is 34.3 Å². The number of nitrogens with zero attached hydrogens (tertiary/aromatic N) is 1. The van der Waals surface area contributed by atoms with Crippen molar-refractivity contribution in [2.24, 2.45) is 10.5 Å². The second kappa shape index (κ2) is 6.76. The summed E-state index contributed by atoms with van der Waals surface area (Å²) in [5.74, 6) is -0.0553. The molecule has 0 aliphatic carbocycles. The minimum Gasteiger partial charge on any atom is -0.320 e. The smallest absolute Gasteiger partial charge is 0.241 e. The molecule has 7 heteroatoms. The fourth-order valence-corrected chi connectivity index (χ4v) is 2.35. The molecule has 0 aromatic heterocycles. The molecule has 1 aromatic rings. The van der Waals surface area contributed by atoms with E-state index in [1.807, 2.05) is 52.0 Å². The SMILES string of the molecule is C/C(=N\NC1NNC(C(C)(C)C)C(=O)N1)c1ccc(Br)cc1. The standard InChI is InChI=1S/C15H22BrN5O/c1-9(10-5-7-11(16)8-6-10)18-20-14-17-13(22)12(19-21-14)15(2,3)4/h5-8,12,14,19-21H,1-4H3,(H,17,22)/b18-9+. The molecule has 0 radical (unpaired) electrons. The Morgan fingerprint density at radius 2 is 1.86 bits per heavy atom. The first-order chi connectivity index (χ1) is 10.3. The van der Waals surface area contributed by atoms with E-state index in [4.69, 9.17) is 0 Å². The highest BCUT2D eigenvalue weighted by atomic mass is 79.9. The van der Waals surface area contributed by atoms with E-state index in [-0.39, 0.29) is 17.4 Å². The van der Waals surface area contributed by atoms with Crippen molar-refractivity contribution in [2.75, 3.05) is 0 Å². The van der Waals surface area contributed by atoms with Gasteiger partial charge < -0.3 is 5.32 Å². The molecule has 6 nitrogen and oxygen atoms in total. The molecule has 1 amide bonds. The van der Waals surface area contributed by atoms with Crippen molar-refractivity contribution < 1.29 is 4.79 Å². The highest BCUT2D eigenvalue weighted by Crippen LogP contribution is 2.19. The quantitative estimate of drug-likeness (QED) is 0.484. The summed E-state index contributed by atoms with van der Waals surface area (Å²) in [6, 6.07) is 7.59. The molecule has 120 valence electrons. The van der Waals surface area contributed by atoms with Crippen LogP contribution in [0.5, 0.6) is 0 Å². The molecular formula is C15H22BrN5O. The van der Waals surface area contributed by atoms with Gasteiger partial charge in [-0.25, -0.2) is 10.9 Å². The zero-order valence-electron chi connectivity index (χ0n) is 13.2. The number of benzene rings is 1. The topological polar surface area (TPSA) is 77.6 Å². The Morgan fingerprint density at radius 3 is 2.41 bits per heavy atom. The van der Waals surface area contributed by atoms with Crippen LogP contribution in [0.25, 0.3) is 0 Å². The molecule has 0 bridgehead atoms. The van der Waals surface area contributed by atoms with Crippen LogP contribution in [0.15, 0.2) is 33.8 Å². The minimum atomic E-state index is -0.448. The Morgan fingerprint density at radius 1 is 1.23 bits per heavy atom. The van der Waals surface area contributed by atoms with Gasteiger partial charge in [0, 0.05) is 4.47 Å². The molecule has 2 atom stereocenters. The van der Waals surface area contributed by atoms with E-state index in [9.17, 15) is 4.79 Å². The molecule has 1 fully saturated rings. The summed E-state index contributed by atoms with van der Waals surface area (Å²) in [5.41, 5.74) is 10.6. The highest BCUT2D eigenvalue weighted by Gasteiger charge is 2.35. The third-order valence-corrected chi connectivity index (χ3v) is 3.94. The number of hydrazone groups is 1. The third-order valence-electron chi connectivity index (χ3n) is 3.41. The molecule has 1 aromatic carbocycles. The average molecular weight is 368 g/mol. The Balaban J connectivity index is 1.94. The fourth-order valence-electron chi connectivity index (χ4n) is 2.09. The maximum absolute atomic E-state index is 12.1. The Kier molecular flexibility index (Phi) is 5.20. The van der Waals surface area contributed by atoms with Gasteiger partial charge in [0.1, 0.15) is 6.04 Å². The van der Waals surface area contributed by atoms with Crippen LogP contribution >= 0.6 is 15.9 Å². The zero-order valence-corrected chi connectivity index (χ0v) is 14.8. The predicted molar refractivity (Wildman–Crippen MR) is 90.9 cm³/mol. The van der Waals surface area contributed by atoms with E-state index >= 15 is 0 Å². The average Bonchev–Trinajstić information content (AvgIpc) is 2.44. The lowest BCUT2D eigenvalue weighted by atomic mass is 9.86. The van der Waals surface area contributed by atoms with Crippen LogP contribution in [0.1, 0.15) is 33.3 Å². The molecule has 4 N–H and O–H groups in total. The monoisotopic (exact) mass is 367 g/mol. The number of carbonyl (C=O) groups excluding carboxylic acids is 1. The highest BCUT2D eigenvalue weighted by molar-refractivity contribution is 9.10. The van der Waals surface area contributed by atoms with E-state index in [1.54, 1.807) is 0 Å². The van der Waals surface area contributed by atoms with Crippen LogP contribution < -0.4 is 21.6 Å². The van der Waals surface area contributed by atoms with E-state index in [1.165, 1.54) is 0 Å². The number of hydrogen-bond donors (Lipinski definition) is 4. The Hall–Kier alpha value is -1.44. The van der Waals surface area contributed by atoms with Crippen LogP contribution in [-0.2, 0) is 4.79 Å². The number of amides is 1. The van der Waals surface area contributed by atoms with Gasteiger partial charge in [0.15, 0.2) is 6.29 Å². The predicted octanol–water partition coefficient (Wildman–Crippen LogP) is 1.68. The van der Waals surface area contributed by atoms with Gasteiger partial charge in [-0.05, 0) is 30.0 Å². The lowest BCUT2D eigenvalue weighted by Crippen LogP contribution is -2.71. The van der Waals surface area contributed by atoms with Crippen molar-refractivity contribution in [2.45, 2.75) is 40.0 Å². The first-order valence-corrected chi connectivity index (χ1v) is 7.94. The Labute approximate surface area is 139 Å². The molecule has 2 unspecified atom stereocenters. The van der Waals surface area contributed by atoms with Crippen molar-refractivity contribution in [1.29, 1.82) is 0 Å². The van der Waals surface area contributed by atoms with Crippen LogP contribution in [0.3, 0.4) is 0 Å². The third kappa shape index (κ3) is 4.28. The number of rotatable bonds is 3. The summed E-state index contributed by atoms with van der Waals surface area (Å²) < 4.78 is 1.02. The van der Waals surface area contributed by atoms with Gasteiger partial charge in [-0.1, -0.05) is 48.8 Å². The van der Waals surface area contributed by atoms with Gasteiger partial charge in [0.25, 0.3) is 0 Å². The molecule has 1 saturated heterocycles. The summed E-state index contributed by atoms with van der Waals surface area (Å²) in [6.07, 6.45) is -0.448. The number of hydrazine groups is 1. The summed E-state index contributed by atoms with van der Waals surface area (Å²) >= 11 is 3.40. The van der Waals surface area contributed by atoms with E-state index in [0.29, 0.717) is 0 Å². The van der Waals surface area contributed by atoms with Crippen molar-refractivity contribution >= 4 is 27.5 Å². The Bertz CT molecular complexity index is 564. The molecule has 2 rings (SSSR count). The lowest BCUT2D eigenvalue weighted by molar-refractivity contribution is -0.130. The van der Waals surface area contributed by atoms with Crippen LogP contribution in [0.2, 0.25) is 0 Å². The number of hydrogen-bond acceptors (Lipinski definition) is 5. The number of halogens is 1. The molecule has 1 aliphatic heterocycles. The summed E-state index contributed by atoms with van der Waals surface area (Å²) in [4.78, 5) is 12.1. The summed E-state index contributed by atoms with van der Waals surface area (Å²) in [6.45, 7) is 7.94. The molecule has 22 heavy (non-hydrogen) atoms. The van der Waals surface area contributed by atoms with Crippen LogP contribution in [0.4, 0.5) is 0 Å². The van der Waals surface area contributed by atoms with Gasteiger partial charge in [0.05, 0.1) is 5.71 Å². The number of nitrogens with one attached hydrogen (secondary N) is 4. The van der Waals surface area contributed by atoms with E-state index < -0.39 is 6.29 Å². The maximum atomic E-state index is 12.1. The van der Waals surface area contributed by atoms with Crippen molar-refractivity contribution in [3.8, 4) is 0 Å². The van der Waals surface area contributed by atoms with Gasteiger partial charge in [-0.3, -0.25) is 10.2 Å². The zero-order chi connectivity index (χ0) is 16.3. The van der Waals surface area contributed by atoms with Gasteiger partial charge in [0.2, 0.25) is 5.91 Å². The van der Waals surface area contributed by atoms with Crippen LogP contribution in [0, 0.1) is 5.41 Å². The second-order valence-electron chi connectivity index (χ2n) is 6.36. The summed E-state index contributed by atoms with van der Waals surface area (Å²) in [5, 5.41) is 7.15. The molecular weight excluding hydrogens is 346 g/mol. The second-order valence-corrected chi connectivity index (χ2v) is 7.28. The van der Waals surface area contributed by atoms with Crippen molar-refractivity contribution in [3.63, 3.8) is 0 Å². The number of carbonyl (C=O) groups is 1. The van der Waals surface area contributed by atoms with E-state index in [2.05, 4.69) is 42.6 Å². The van der Waals surface area contributed by atoms with Gasteiger partial charge in [-0.15, -0.1) is 0 Å². The molecule has 1 heterocycles. The van der Waals surface area contributed by atoms with Gasteiger partial charge >= 0.3 is 0 Å². The minimum absolute atomic E-state index is 0.0553. The largest absolute Gasteiger partial charge is 0.320 e. The maximum Gasteiger partial charge on any atom is 0.241 e. The van der Waals surface area contributed by atoms with Crippen LogP contribution in [-0.4, -0.2) is 24.0 Å². The van der Waals surface area contributed by atoms with E-state index in [0.717, 1.165) is 15.7 Å². The molecule has 0 spiro atoms. The van der Waals surface area contributed by atoms with Gasteiger partial charge in [-0.2, -0.15) is 5.10 Å². The normalized spacial score (nSPS) is 23.1. The lowest BCUT2D eigenvalue weighted by Gasteiger charge is -2.37. The summed E-state index contributed by atoms with van der Waals surface area (Å²) in [7, 11) is 0. The van der Waals surface area contributed by atoms with Crippen molar-refractivity contribution in [1.82, 2.24) is 21.6 Å².